The topological polar surface area (TPSA) is 79.9 Å². The van der Waals surface area contributed by atoms with Crippen molar-refractivity contribution in [3.8, 4) is 5.75 Å². The van der Waals surface area contributed by atoms with E-state index in [0.29, 0.717) is 11.5 Å². The van der Waals surface area contributed by atoms with Crippen molar-refractivity contribution in [3.05, 3.63) is 39.0 Å². The molecule has 0 spiro atoms. The van der Waals surface area contributed by atoms with E-state index in [-0.39, 0.29) is 23.7 Å². The first-order valence-corrected chi connectivity index (χ1v) is 7.58. The third-order valence-corrected chi connectivity index (χ3v) is 4.39. The second-order valence-corrected chi connectivity index (χ2v) is 6.31. The smallest absolute Gasteiger partial charge is 0.342 e. The number of allylic oxidation sites excluding steroid dienone is 1. The lowest BCUT2D eigenvalue weighted by Gasteiger charge is -2.38. The van der Waals surface area contributed by atoms with E-state index in [0.717, 1.165) is 12.0 Å². The number of hydrogen-bond acceptors (Lipinski definition) is 5. The summed E-state index contributed by atoms with van der Waals surface area (Å²) in [6.07, 6.45) is 2.42. The molecule has 0 saturated carbocycles. The van der Waals surface area contributed by atoms with Gasteiger partial charge in [-0.05, 0) is 32.3 Å². The molecule has 5 nitrogen and oxygen atoms in total. The van der Waals surface area contributed by atoms with Gasteiger partial charge in [0.05, 0.1) is 17.7 Å². The number of fused-ring (bicyclic) bond motifs is 1. The fourth-order valence-electron chi connectivity index (χ4n) is 2.88. The summed E-state index contributed by atoms with van der Waals surface area (Å²) < 4.78 is 11.0. The Balaban J connectivity index is 2.51. The molecule has 2 rings (SSSR count). The van der Waals surface area contributed by atoms with Gasteiger partial charge in [-0.1, -0.05) is 26.3 Å². The maximum absolute atomic E-state index is 11.8. The second-order valence-electron chi connectivity index (χ2n) is 6.31. The molecule has 1 aliphatic heterocycles. The molecular weight excluding hydrogens is 284 g/mol. The molecule has 0 fully saturated rings. The molecule has 0 aliphatic carbocycles. The van der Waals surface area contributed by atoms with E-state index in [1.807, 2.05) is 6.92 Å². The van der Waals surface area contributed by atoms with Gasteiger partial charge in [0.15, 0.2) is 5.76 Å². The maximum Gasteiger partial charge on any atom is 0.342 e. The molecule has 0 bridgehead atoms. The van der Waals surface area contributed by atoms with Crippen LogP contribution in [0.5, 0.6) is 5.75 Å². The van der Waals surface area contributed by atoms with Crippen molar-refractivity contribution in [1.82, 2.24) is 0 Å². The zero-order valence-corrected chi connectivity index (χ0v) is 13.8. The van der Waals surface area contributed by atoms with Crippen molar-refractivity contribution in [2.24, 2.45) is 5.92 Å². The summed E-state index contributed by atoms with van der Waals surface area (Å²) in [5, 5.41) is 21.0. The first-order valence-electron chi connectivity index (χ1n) is 7.58. The number of aromatic hydroxyl groups is 1. The number of aliphatic hydroxyl groups is 1. The Morgan fingerprint density at radius 3 is 2.77 bits per heavy atom. The van der Waals surface area contributed by atoms with E-state index >= 15 is 0 Å². The van der Waals surface area contributed by atoms with E-state index in [1.165, 1.54) is 6.92 Å². The van der Waals surface area contributed by atoms with Crippen LogP contribution in [0, 0.1) is 12.8 Å². The summed E-state index contributed by atoms with van der Waals surface area (Å²) in [7, 11) is 0. The van der Waals surface area contributed by atoms with Crippen molar-refractivity contribution in [3.63, 3.8) is 0 Å². The molecule has 122 valence electrons. The van der Waals surface area contributed by atoms with Crippen LogP contribution < -0.4 is 5.63 Å². The van der Waals surface area contributed by atoms with E-state index in [2.05, 4.69) is 19.9 Å². The predicted octanol–water partition coefficient (Wildman–Crippen LogP) is 2.75. The third kappa shape index (κ3) is 2.71. The van der Waals surface area contributed by atoms with Gasteiger partial charge in [-0.2, -0.15) is 0 Å². The molecule has 0 amide bonds. The monoisotopic (exact) mass is 308 g/mol. The normalized spacial score (nSPS) is 26.6. The van der Waals surface area contributed by atoms with Crippen molar-refractivity contribution in [2.75, 3.05) is 0 Å². The Morgan fingerprint density at radius 1 is 1.55 bits per heavy atom. The van der Waals surface area contributed by atoms with Crippen LogP contribution in [0.4, 0.5) is 0 Å². The van der Waals surface area contributed by atoms with Gasteiger partial charge in [0.25, 0.3) is 0 Å². The minimum atomic E-state index is -1.51. The van der Waals surface area contributed by atoms with Crippen LogP contribution in [0.15, 0.2) is 20.9 Å². The zero-order chi connectivity index (χ0) is 16.7. The van der Waals surface area contributed by atoms with Gasteiger partial charge >= 0.3 is 5.63 Å². The lowest BCUT2D eigenvalue weighted by molar-refractivity contribution is -0.122. The SMILES string of the molecule is CC[C@H](C)/C=C(/C)[C@H]1OCc2c(oc(=O)c(C)c2O)[C@@]1(C)O. The fourth-order valence-corrected chi connectivity index (χ4v) is 2.88. The molecule has 0 radical (unpaired) electrons. The molecule has 0 unspecified atom stereocenters. The van der Waals surface area contributed by atoms with Crippen LogP contribution in [-0.2, 0) is 16.9 Å². The first kappa shape index (κ1) is 16.8. The minimum Gasteiger partial charge on any atom is -0.507 e. The quantitative estimate of drug-likeness (QED) is 0.839. The summed E-state index contributed by atoms with van der Waals surface area (Å²) in [6.45, 7) is 9.19. The van der Waals surface area contributed by atoms with Gasteiger partial charge in [0, 0.05) is 0 Å². The molecule has 22 heavy (non-hydrogen) atoms. The summed E-state index contributed by atoms with van der Waals surface area (Å²) in [4.78, 5) is 11.8. The van der Waals surface area contributed by atoms with Crippen molar-refractivity contribution in [2.45, 2.75) is 59.4 Å². The standard InChI is InChI=1S/C17H24O5/c1-6-9(2)7-10(3)14-17(5,20)15-12(8-21-14)13(18)11(4)16(19)22-15/h7,9,14,18,20H,6,8H2,1-5H3/b10-7-/t9-,14+,17-/m0/s1. The Bertz CT molecular complexity index is 654. The van der Waals surface area contributed by atoms with Crippen LogP contribution in [-0.4, -0.2) is 16.3 Å². The van der Waals surface area contributed by atoms with Gasteiger partial charge in [0.1, 0.15) is 17.5 Å². The summed E-state index contributed by atoms with van der Waals surface area (Å²) >= 11 is 0. The van der Waals surface area contributed by atoms with Crippen molar-refractivity contribution >= 4 is 0 Å². The highest BCUT2D eigenvalue weighted by molar-refractivity contribution is 5.43. The highest BCUT2D eigenvalue weighted by atomic mass is 16.5. The first-order chi connectivity index (χ1) is 10.2. The van der Waals surface area contributed by atoms with E-state index in [1.54, 1.807) is 6.92 Å². The Labute approximate surface area is 130 Å². The maximum atomic E-state index is 11.8. The van der Waals surface area contributed by atoms with Crippen LogP contribution in [0.2, 0.25) is 0 Å². The summed E-state index contributed by atoms with van der Waals surface area (Å²) in [5.41, 5.74) is -0.794. The molecule has 3 atom stereocenters. The van der Waals surface area contributed by atoms with Crippen LogP contribution in [0.25, 0.3) is 0 Å². The Morgan fingerprint density at radius 2 is 2.18 bits per heavy atom. The molecule has 1 aromatic rings. The molecular formula is C17H24O5. The molecule has 0 aromatic carbocycles. The van der Waals surface area contributed by atoms with E-state index in [9.17, 15) is 15.0 Å². The summed E-state index contributed by atoms with van der Waals surface area (Å²) in [5.74, 6) is 0.293. The van der Waals surface area contributed by atoms with E-state index < -0.39 is 17.3 Å². The zero-order valence-electron chi connectivity index (χ0n) is 13.8. The average molecular weight is 308 g/mol. The molecule has 0 saturated heterocycles. The van der Waals surface area contributed by atoms with Crippen LogP contribution in [0.1, 0.15) is 51.0 Å². The molecule has 1 aliphatic rings. The number of hydrogen-bond donors (Lipinski definition) is 2. The van der Waals surface area contributed by atoms with Gasteiger partial charge in [-0.25, -0.2) is 4.79 Å². The van der Waals surface area contributed by atoms with Crippen molar-refractivity contribution < 1.29 is 19.4 Å². The van der Waals surface area contributed by atoms with Crippen molar-refractivity contribution in [1.29, 1.82) is 0 Å². The van der Waals surface area contributed by atoms with Gasteiger partial charge in [-0.15, -0.1) is 0 Å². The third-order valence-electron chi connectivity index (χ3n) is 4.39. The predicted molar refractivity (Wildman–Crippen MR) is 82.7 cm³/mol. The van der Waals surface area contributed by atoms with E-state index in [4.69, 9.17) is 9.15 Å². The van der Waals surface area contributed by atoms with Gasteiger partial charge in [-0.3, -0.25) is 0 Å². The summed E-state index contributed by atoms with van der Waals surface area (Å²) in [6, 6.07) is 0. The van der Waals surface area contributed by atoms with Crippen LogP contribution in [0.3, 0.4) is 0 Å². The van der Waals surface area contributed by atoms with Gasteiger partial charge < -0.3 is 19.4 Å². The van der Waals surface area contributed by atoms with Crippen LogP contribution >= 0.6 is 0 Å². The highest BCUT2D eigenvalue weighted by Gasteiger charge is 2.45. The molecule has 5 heteroatoms. The number of ether oxygens (including phenoxy) is 1. The van der Waals surface area contributed by atoms with Gasteiger partial charge in [0.2, 0.25) is 0 Å². The fraction of sp³-hybridized carbons (Fsp3) is 0.588. The highest BCUT2D eigenvalue weighted by Crippen LogP contribution is 2.41. The minimum absolute atomic E-state index is 0.0914. The largest absolute Gasteiger partial charge is 0.507 e. The molecule has 1 aromatic heterocycles. The molecule has 2 heterocycles. The molecule has 2 N–H and O–H groups in total. The average Bonchev–Trinajstić information content (AvgIpc) is 2.45. The second kappa shape index (κ2) is 5.89. The Kier molecular flexibility index (Phi) is 4.49. The lowest BCUT2D eigenvalue weighted by atomic mass is 9.84. The number of rotatable bonds is 3. The lowest BCUT2D eigenvalue weighted by Crippen LogP contribution is -2.44. The Hall–Kier alpha value is -1.59.